The predicted molar refractivity (Wildman–Crippen MR) is 249 cm³/mol. The minimum absolute atomic E-state index is 0.556. The maximum absolute atomic E-state index is 7.15. The normalized spacial score (nSPS) is 12.8. The lowest BCUT2D eigenvalue weighted by Gasteiger charge is -2.34. The number of hydrogen-bond acceptors (Lipinski definition) is 6. The summed E-state index contributed by atoms with van der Waals surface area (Å²) in [5.41, 5.74) is 12.8. The van der Waals surface area contributed by atoms with E-state index in [4.69, 9.17) is 24.4 Å². The van der Waals surface area contributed by atoms with Gasteiger partial charge in [-0.3, -0.25) is 4.98 Å². The Morgan fingerprint density at radius 1 is 0.349 bits per heavy atom. The van der Waals surface area contributed by atoms with Crippen molar-refractivity contribution < 1.29 is 9.47 Å². The zero-order valence-corrected chi connectivity index (χ0v) is 33.9. The summed E-state index contributed by atoms with van der Waals surface area (Å²) in [6.45, 7) is 0. The molecule has 6 heteroatoms. The molecule has 3 heterocycles. The molecule has 0 atom stereocenters. The summed E-state index contributed by atoms with van der Waals surface area (Å²) in [6.07, 6.45) is 1.80. The fraction of sp³-hybridized carbons (Fsp3) is 0.0175. The zero-order valence-electron chi connectivity index (χ0n) is 33.9. The van der Waals surface area contributed by atoms with E-state index in [0.717, 1.165) is 55.8 Å². The van der Waals surface area contributed by atoms with Crippen LogP contribution in [0, 0.1) is 0 Å². The molecule has 0 fully saturated rings. The van der Waals surface area contributed by atoms with Crippen LogP contribution in [0.3, 0.4) is 0 Å². The SMILES string of the molecule is c1ccc(-c2nc(-c3ccc(-c4cccc5c4Oc4c(ccc6c4-c4ccccc4C6(c4ccccc4)c4ccccc4)O5)cc3)nc(-c3cccc(-c4ccccn4)c3)n2)cc1. The molecule has 0 saturated heterocycles. The van der Waals surface area contributed by atoms with Crippen LogP contribution in [0.25, 0.3) is 67.7 Å². The van der Waals surface area contributed by atoms with Gasteiger partial charge >= 0.3 is 0 Å². The van der Waals surface area contributed by atoms with Gasteiger partial charge in [-0.15, -0.1) is 0 Å². The molecule has 0 N–H and O–H groups in total. The molecular formula is C57H36N4O2. The van der Waals surface area contributed by atoms with Crippen LogP contribution in [0.2, 0.25) is 0 Å². The van der Waals surface area contributed by atoms with Gasteiger partial charge in [-0.05, 0) is 63.7 Å². The topological polar surface area (TPSA) is 70.0 Å². The maximum Gasteiger partial charge on any atom is 0.178 e. The van der Waals surface area contributed by atoms with Crippen molar-refractivity contribution in [2.75, 3.05) is 0 Å². The lowest BCUT2D eigenvalue weighted by Crippen LogP contribution is -2.28. The Morgan fingerprint density at radius 3 is 1.62 bits per heavy atom. The van der Waals surface area contributed by atoms with Gasteiger partial charge in [0.1, 0.15) is 0 Å². The largest absolute Gasteiger partial charge is 0.449 e. The van der Waals surface area contributed by atoms with Crippen molar-refractivity contribution in [2.24, 2.45) is 0 Å². The number of fused-ring (bicyclic) bond motifs is 6. The van der Waals surface area contributed by atoms with E-state index in [1.165, 1.54) is 16.7 Å². The van der Waals surface area contributed by atoms with Crippen LogP contribution in [0.5, 0.6) is 23.0 Å². The summed E-state index contributed by atoms with van der Waals surface area (Å²) >= 11 is 0. The van der Waals surface area contributed by atoms with Crippen LogP contribution < -0.4 is 9.47 Å². The van der Waals surface area contributed by atoms with Gasteiger partial charge in [0.05, 0.1) is 11.1 Å². The zero-order chi connectivity index (χ0) is 41.7. The van der Waals surface area contributed by atoms with Crippen LogP contribution in [0.4, 0.5) is 0 Å². The molecule has 0 saturated carbocycles. The fourth-order valence-corrected chi connectivity index (χ4v) is 9.31. The van der Waals surface area contributed by atoms with E-state index in [1.807, 2.05) is 72.8 Å². The first-order valence-electron chi connectivity index (χ1n) is 21.0. The first kappa shape index (κ1) is 36.4. The van der Waals surface area contributed by atoms with Crippen molar-refractivity contribution in [3.05, 3.63) is 241 Å². The Kier molecular flexibility index (Phi) is 8.61. The van der Waals surface area contributed by atoms with Crippen LogP contribution in [0.1, 0.15) is 22.3 Å². The number of para-hydroxylation sites is 1. The van der Waals surface area contributed by atoms with Crippen LogP contribution in [-0.4, -0.2) is 19.9 Å². The second-order valence-electron chi connectivity index (χ2n) is 15.7. The van der Waals surface area contributed by atoms with E-state index in [9.17, 15) is 0 Å². The van der Waals surface area contributed by atoms with E-state index >= 15 is 0 Å². The summed E-state index contributed by atoms with van der Waals surface area (Å²) in [7, 11) is 0. The first-order chi connectivity index (χ1) is 31.2. The third-order valence-corrected chi connectivity index (χ3v) is 12.1. The average Bonchev–Trinajstić information content (AvgIpc) is 3.68. The van der Waals surface area contributed by atoms with Gasteiger partial charge in [-0.1, -0.05) is 182 Å². The molecular weight excluding hydrogens is 773 g/mol. The molecule has 0 unspecified atom stereocenters. The smallest absolute Gasteiger partial charge is 0.178 e. The molecule has 1 aliphatic heterocycles. The second kappa shape index (κ2) is 14.9. The maximum atomic E-state index is 7.15. The van der Waals surface area contributed by atoms with Gasteiger partial charge in [0, 0.05) is 39.6 Å². The molecule has 6 nitrogen and oxygen atoms in total. The van der Waals surface area contributed by atoms with Gasteiger partial charge in [-0.2, -0.15) is 0 Å². The average molecular weight is 809 g/mol. The second-order valence-corrected chi connectivity index (χ2v) is 15.7. The molecule has 12 rings (SSSR count). The fourth-order valence-electron chi connectivity index (χ4n) is 9.31. The standard InChI is InChI=1S/C57H36N4O2/c1-4-16-38(17-5-1)54-59-55(61-56(60-54)41-19-14-18-40(36-41)48-27-12-13-35-58-48)39-31-29-37(30-32-39)44-25-15-28-49-52(44)63-53-50(62-49)34-33-47-51(53)45-24-10-11-26-46(45)57(47,42-20-6-2-7-21-42)43-22-8-3-9-23-43/h1-36H. The van der Waals surface area contributed by atoms with Gasteiger partial charge in [0.25, 0.3) is 0 Å². The first-order valence-corrected chi connectivity index (χ1v) is 21.0. The van der Waals surface area contributed by atoms with Gasteiger partial charge < -0.3 is 9.47 Å². The van der Waals surface area contributed by atoms with Gasteiger partial charge in [-0.25, -0.2) is 15.0 Å². The van der Waals surface area contributed by atoms with E-state index in [-0.39, 0.29) is 0 Å². The summed E-state index contributed by atoms with van der Waals surface area (Å²) in [5, 5.41) is 0. The van der Waals surface area contributed by atoms with Crippen molar-refractivity contribution in [3.63, 3.8) is 0 Å². The molecule has 0 bridgehead atoms. The van der Waals surface area contributed by atoms with Crippen molar-refractivity contribution in [2.45, 2.75) is 5.41 Å². The minimum atomic E-state index is -0.556. The number of rotatable bonds is 7. The Hall–Kier alpha value is -8.48. The highest BCUT2D eigenvalue weighted by Crippen LogP contribution is 2.62. The van der Waals surface area contributed by atoms with Gasteiger partial charge in [0.2, 0.25) is 0 Å². The number of benzene rings is 8. The van der Waals surface area contributed by atoms with Crippen molar-refractivity contribution in [3.8, 4) is 90.7 Å². The highest BCUT2D eigenvalue weighted by atomic mass is 16.6. The number of pyridine rings is 1. The van der Waals surface area contributed by atoms with E-state index in [2.05, 4.69) is 145 Å². The highest BCUT2D eigenvalue weighted by molar-refractivity contribution is 5.92. The number of aromatic nitrogens is 4. The van der Waals surface area contributed by atoms with Crippen LogP contribution in [-0.2, 0) is 5.41 Å². The Balaban J connectivity index is 0.945. The number of ether oxygens (including phenoxy) is 2. The molecule has 0 radical (unpaired) electrons. The molecule has 0 amide bonds. The predicted octanol–water partition coefficient (Wildman–Crippen LogP) is 13.9. The minimum Gasteiger partial charge on any atom is -0.449 e. The molecule has 10 aromatic rings. The molecule has 296 valence electrons. The number of hydrogen-bond donors (Lipinski definition) is 0. The molecule has 8 aromatic carbocycles. The molecule has 63 heavy (non-hydrogen) atoms. The Morgan fingerprint density at radius 2 is 0.905 bits per heavy atom. The van der Waals surface area contributed by atoms with E-state index < -0.39 is 5.41 Å². The molecule has 2 aromatic heterocycles. The molecule has 1 aliphatic carbocycles. The summed E-state index contributed by atoms with van der Waals surface area (Å²) in [5.74, 6) is 4.49. The third kappa shape index (κ3) is 6.03. The molecule has 0 spiro atoms. The van der Waals surface area contributed by atoms with Gasteiger partial charge in [0.15, 0.2) is 40.5 Å². The van der Waals surface area contributed by atoms with Crippen LogP contribution >= 0.6 is 0 Å². The summed E-state index contributed by atoms with van der Waals surface area (Å²) in [4.78, 5) is 19.6. The Bertz CT molecular complexity index is 3280. The molecule has 2 aliphatic rings. The summed E-state index contributed by atoms with van der Waals surface area (Å²) in [6, 6.07) is 73.0. The summed E-state index contributed by atoms with van der Waals surface area (Å²) < 4.78 is 13.9. The number of nitrogens with zero attached hydrogens (tertiary/aromatic N) is 4. The van der Waals surface area contributed by atoms with E-state index in [1.54, 1.807) is 6.20 Å². The van der Waals surface area contributed by atoms with Crippen LogP contribution in [0.15, 0.2) is 219 Å². The van der Waals surface area contributed by atoms with Crippen molar-refractivity contribution in [1.82, 2.24) is 19.9 Å². The van der Waals surface area contributed by atoms with Crippen molar-refractivity contribution in [1.29, 1.82) is 0 Å². The third-order valence-electron chi connectivity index (χ3n) is 12.1. The highest BCUT2D eigenvalue weighted by Gasteiger charge is 2.48. The van der Waals surface area contributed by atoms with E-state index in [0.29, 0.717) is 40.5 Å². The quantitative estimate of drug-likeness (QED) is 0.160. The monoisotopic (exact) mass is 808 g/mol. The lowest BCUT2D eigenvalue weighted by molar-refractivity contribution is 0.361. The lowest BCUT2D eigenvalue weighted by atomic mass is 9.68. The Labute approximate surface area is 364 Å². The van der Waals surface area contributed by atoms with Crippen molar-refractivity contribution >= 4 is 0 Å².